The van der Waals surface area contributed by atoms with E-state index in [1.165, 1.54) is 11.3 Å². The van der Waals surface area contributed by atoms with Crippen LogP contribution in [0.2, 0.25) is 0 Å². The number of rotatable bonds is 3. The van der Waals surface area contributed by atoms with E-state index in [-0.39, 0.29) is 11.8 Å². The summed E-state index contributed by atoms with van der Waals surface area (Å²) in [5, 5.41) is 15.7. The minimum Gasteiger partial charge on any atom is -0.472 e. The number of hydrogen-bond donors (Lipinski definition) is 2. The van der Waals surface area contributed by atoms with E-state index in [1.807, 2.05) is 42.2 Å². The molecule has 5 rings (SSSR count). The Labute approximate surface area is 155 Å². The lowest BCUT2D eigenvalue weighted by molar-refractivity contribution is -0.120. The molecule has 4 aromatic rings. The van der Waals surface area contributed by atoms with E-state index in [0.29, 0.717) is 0 Å². The molecule has 7 heteroatoms. The van der Waals surface area contributed by atoms with Gasteiger partial charge < -0.3 is 9.73 Å². The van der Waals surface area contributed by atoms with Gasteiger partial charge in [0.1, 0.15) is 5.69 Å². The van der Waals surface area contributed by atoms with Crippen LogP contribution >= 0.6 is 0 Å². The number of H-pyrrole nitrogens is 1. The number of aryl methyl sites for hydroxylation is 1. The fourth-order valence-electron chi connectivity index (χ4n) is 3.86. The lowest BCUT2D eigenvalue weighted by Gasteiger charge is -2.21. The molecule has 0 saturated heterocycles. The van der Waals surface area contributed by atoms with E-state index in [2.05, 4.69) is 20.6 Å². The predicted octanol–water partition coefficient (Wildman–Crippen LogP) is 3.30. The molecular weight excluding hydrogens is 342 g/mol. The zero-order valence-corrected chi connectivity index (χ0v) is 14.9. The first-order valence-electron chi connectivity index (χ1n) is 9.00. The molecule has 1 unspecified atom stereocenters. The van der Waals surface area contributed by atoms with Gasteiger partial charge in [0.15, 0.2) is 0 Å². The van der Waals surface area contributed by atoms with E-state index >= 15 is 0 Å². The molecule has 136 valence electrons. The second-order valence-electron chi connectivity index (χ2n) is 7.01. The number of nitrogens with one attached hydrogen (secondary N) is 2. The first-order chi connectivity index (χ1) is 13.2. The molecule has 27 heavy (non-hydrogen) atoms. The van der Waals surface area contributed by atoms with Gasteiger partial charge in [-0.3, -0.25) is 14.6 Å². The van der Waals surface area contributed by atoms with Crippen molar-refractivity contribution in [1.29, 1.82) is 0 Å². The normalized spacial score (nSPS) is 16.4. The SMILES string of the molecule is Cn1ncc2c1CCC(C(=O)Nc1ccc3[nH]nc(-c4ccoc4)c3c1)C2. The highest BCUT2D eigenvalue weighted by atomic mass is 16.3. The van der Waals surface area contributed by atoms with Crippen molar-refractivity contribution in [2.24, 2.45) is 13.0 Å². The van der Waals surface area contributed by atoms with Crippen molar-refractivity contribution in [3.8, 4) is 11.3 Å². The molecule has 3 aromatic heterocycles. The van der Waals surface area contributed by atoms with Crippen molar-refractivity contribution in [3.05, 3.63) is 54.2 Å². The summed E-state index contributed by atoms with van der Waals surface area (Å²) < 4.78 is 7.07. The Kier molecular flexibility index (Phi) is 3.60. The Morgan fingerprint density at radius 2 is 2.30 bits per heavy atom. The number of furan rings is 1. The summed E-state index contributed by atoms with van der Waals surface area (Å²) in [7, 11) is 1.96. The van der Waals surface area contributed by atoms with Crippen molar-refractivity contribution in [2.45, 2.75) is 19.3 Å². The maximum atomic E-state index is 12.8. The number of aromatic nitrogens is 4. The molecule has 1 aliphatic carbocycles. The largest absolute Gasteiger partial charge is 0.472 e. The number of carbonyl (C=O) groups is 1. The predicted molar refractivity (Wildman–Crippen MR) is 101 cm³/mol. The number of hydrogen-bond acceptors (Lipinski definition) is 4. The Morgan fingerprint density at radius 3 is 3.15 bits per heavy atom. The molecule has 2 N–H and O–H groups in total. The van der Waals surface area contributed by atoms with Gasteiger partial charge in [0.05, 0.1) is 24.2 Å². The van der Waals surface area contributed by atoms with Gasteiger partial charge in [-0.2, -0.15) is 10.2 Å². The minimum atomic E-state index is -0.0323. The highest BCUT2D eigenvalue weighted by Crippen LogP contribution is 2.30. The van der Waals surface area contributed by atoms with Gasteiger partial charge in [-0.15, -0.1) is 0 Å². The fourth-order valence-corrected chi connectivity index (χ4v) is 3.86. The lowest BCUT2D eigenvalue weighted by Crippen LogP contribution is -2.28. The third kappa shape index (κ3) is 2.71. The van der Waals surface area contributed by atoms with Crippen molar-refractivity contribution in [2.75, 3.05) is 5.32 Å². The van der Waals surface area contributed by atoms with Crippen LogP contribution in [0.25, 0.3) is 22.2 Å². The van der Waals surface area contributed by atoms with Crippen molar-refractivity contribution in [3.63, 3.8) is 0 Å². The number of aromatic amines is 1. The van der Waals surface area contributed by atoms with Crippen LogP contribution in [0.1, 0.15) is 17.7 Å². The minimum absolute atomic E-state index is 0.0323. The maximum absolute atomic E-state index is 12.8. The lowest BCUT2D eigenvalue weighted by atomic mass is 9.87. The van der Waals surface area contributed by atoms with E-state index in [1.54, 1.807) is 12.5 Å². The van der Waals surface area contributed by atoms with Gasteiger partial charge in [0.2, 0.25) is 5.91 Å². The molecule has 0 saturated carbocycles. The van der Waals surface area contributed by atoms with Gasteiger partial charge >= 0.3 is 0 Å². The summed E-state index contributed by atoms with van der Waals surface area (Å²) in [6, 6.07) is 7.66. The number of carbonyl (C=O) groups excluding carboxylic acids is 1. The summed E-state index contributed by atoms with van der Waals surface area (Å²) in [5.41, 5.74) is 5.83. The molecule has 1 atom stereocenters. The summed E-state index contributed by atoms with van der Waals surface area (Å²) in [4.78, 5) is 12.8. The van der Waals surface area contributed by atoms with Gasteiger partial charge in [0, 0.05) is 35.3 Å². The number of amides is 1. The van der Waals surface area contributed by atoms with Gasteiger partial charge in [0.25, 0.3) is 0 Å². The highest BCUT2D eigenvalue weighted by Gasteiger charge is 2.27. The Balaban J connectivity index is 1.38. The van der Waals surface area contributed by atoms with Crippen LogP contribution in [0.5, 0.6) is 0 Å². The average Bonchev–Trinajstić information content (AvgIpc) is 3.41. The van der Waals surface area contributed by atoms with Crippen molar-refractivity contribution in [1.82, 2.24) is 20.0 Å². The number of nitrogens with zero attached hydrogens (tertiary/aromatic N) is 3. The van der Waals surface area contributed by atoms with Gasteiger partial charge in [-0.1, -0.05) is 0 Å². The maximum Gasteiger partial charge on any atom is 0.227 e. The van der Waals surface area contributed by atoms with E-state index in [9.17, 15) is 4.79 Å². The Bertz CT molecular complexity index is 1120. The smallest absolute Gasteiger partial charge is 0.227 e. The zero-order chi connectivity index (χ0) is 18.4. The molecule has 0 radical (unpaired) electrons. The van der Waals surface area contributed by atoms with Crippen LogP contribution in [0.3, 0.4) is 0 Å². The molecule has 7 nitrogen and oxygen atoms in total. The standard InChI is InChI=1S/C20H19N5O2/c1-25-18-5-2-12(8-14(18)10-21-25)20(26)22-15-3-4-17-16(9-15)19(24-23-17)13-6-7-27-11-13/h3-4,6-7,9-12H,2,5,8H2,1H3,(H,22,26)(H,23,24). The summed E-state index contributed by atoms with van der Waals surface area (Å²) in [6.45, 7) is 0. The fraction of sp³-hybridized carbons (Fsp3) is 0.250. The second-order valence-corrected chi connectivity index (χ2v) is 7.01. The first kappa shape index (κ1) is 15.9. The molecule has 0 aliphatic heterocycles. The molecule has 1 amide bonds. The zero-order valence-electron chi connectivity index (χ0n) is 14.9. The van der Waals surface area contributed by atoms with Crippen LogP contribution in [0.15, 0.2) is 47.4 Å². The van der Waals surface area contributed by atoms with Crippen molar-refractivity contribution >= 4 is 22.5 Å². The number of benzene rings is 1. The Morgan fingerprint density at radius 1 is 1.37 bits per heavy atom. The van der Waals surface area contributed by atoms with E-state index < -0.39 is 0 Å². The monoisotopic (exact) mass is 361 g/mol. The molecule has 1 aliphatic rings. The van der Waals surface area contributed by atoms with Gasteiger partial charge in [-0.05, 0) is 49.1 Å². The summed E-state index contributed by atoms with van der Waals surface area (Å²) >= 11 is 0. The van der Waals surface area contributed by atoms with Gasteiger partial charge in [-0.25, -0.2) is 0 Å². The Hall–Kier alpha value is -3.35. The second kappa shape index (κ2) is 6.12. The third-order valence-electron chi connectivity index (χ3n) is 5.34. The van der Waals surface area contributed by atoms with E-state index in [4.69, 9.17) is 4.42 Å². The molecule has 0 fully saturated rings. The molecule has 0 bridgehead atoms. The van der Waals surface area contributed by atoms with Crippen molar-refractivity contribution < 1.29 is 9.21 Å². The van der Waals surface area contributed by atoms with Crippen LogP contribution in [-0.2, 0) is 24.7 Å². The van der Waals surface area contributed by atoms with Crippen LogP contribution in [-0.4, -0.2) is 25.9 Å². The van der Waals surface area contributed by atoms with Crippen LogP contribution < -0.4 is 5.32 Å². The topological polar surface area (TPSA) is 88.7 Å². The number of anilines is 1. The summed E-state index contributed by atoms with van der Waals surface area (Å²) in [6.07, 6.45) is 7.63. The molecule has 3 heterocycles. The number of fused-ring (bicyclic) bond motifs is 2. The van der Waals surface area contributed by atoms with Crippen LogP contribution in [0, 0.1) is 5.92 Å². The van der Waals surface area contributed by atoms with E-state index in [0.717, 1.165) is 47.1 Å². The molecular formula is C20H19N5O2. The first-order valence-corrected chi connectivity index (χ1v) is 9.00. The quantitative estimate of drug-likeness (QED) is 0.586. The van der Waals surface area contributed by atoms with Crippen LogP contribution in [0.4, 0.5) is 5.69 Å². The summed E-state index contributed by atoms with van der Waals surface area (Å²) in [5.74, 6) is 0.0206. The average molecular weight is 361 g/mol. The highest BCUT2D eigenvalue weighted by molar-refractivity contribution is 5.99. The third-order valence-corrected chi connectivity index (χ3v) is 5.34. The molecule has 0 spiro atoms. The molecule has 1 aromatic carbocycles.